The van der Waals surface area contributed by atoms with Gasteiger partial charge in [0.05, 0.1) is 6.67 Å². The molecule has 0 unspecified atom stereocenters. The number of rotatable bonds is 3. The van der Waals surface area contributed by atoms with E-state index in [4.69, 9.17) is 11.6 Å². The standard InChI is InChI=1S/C20H27ClN4O2/c1-15-5-7-20(8-6-15)18(26)25(19(27)22-20)14-23-9-11-24(12-10-23)17-4-2-3-16(21)13-17/h2-4,13,15H,5-12,14H2,1H3,(H,22,27). The molecule has 27 heavy (non-hydrogen) atoms. The molecule has 3 amide bonds. The summed E-state index contributed by atoms with van der Waals surface area (Å²) in [5, 5.41) is 3.74. The molecule has 3 aliphatic rings. The molecular weight excluding hydrogens is 364 g/mol. The molecule has 1 N–H and O–H groups in total. The van der Waals surface area contributed by atoms with Crippen LogP contribution >= 0.6 is 11.6 Å². The molecule has 2 aliphatic heterocycles. The van der Waals surface area contributed by atoms with Crippen LogP contribution in [0.3, 0.4) is 0 Å². The highest BCUT2D eigenvalue weighted by Gasteiger charge is 2.52. The third-order valence-corrected chi connectivity index (χ3v) is 6.50. The highest BCUT2D eigenvalue weighted by molar-refractivity contribution is 6.30. The van der Waals surface area contributed by atoms with E-state index in [2.05, 4.69) is 28.1 Å². The quantitative estimate of drug-likeness (QED) is 0.806. The highest BCUT2D eigenvalue weighted by atomic mass is 35.5. The summed E-state index contributed by atoms with van der Waals surface area (Å²) in [6.45, 7) is 5.93. The lowest BCUT2D eigenvalue weighted by Crippen LogP contribution is -2.52. The van der Waals surface area contributed by atoms with Crippen molar-refractivity contribution < 1.29 is 9.59 Å². The first-order valence-corrected chi connectivity index (χ1v) is 10.2. The van der Waals surface area contributed by atoms with Crippen molar-refractivity contribution in [3.05, 3.63) is 29.3 Å². The number of piperazine rings is 1. The van der Waals surface area contributed by atoms with Crippen LogP contribution in [-0.2, 0) is 4.79 Å². The Balaban J connectivity index is 1.35. The Labute approximate surface area is 165 Å². The van der Waals surface area contributed by atoms with Crippen molar-refractivity contribution in [2.45, 2.75) is 38.1 Å². The third kappa shape index (κ3) is 3.65. The number of carbonyl (C=O) groups excluding carboxylic acids is 2. The van der Waals surface area contributed by atoms with Crippen molar-refractivity contribution in [2.75, 3.05) is 37.7 Å². The van der Waals surface area contributed by atoms with Crippen LogP contribution in [0, 0.1) is 5.92 Å². The van der Waals surface area contributed by atoms with Crippen LogP contribution < -0.4 is 10.2 Å². The Morgan fingerprint density at radius 3 is 2.52 bits per heavy atom. The molecule has 1 spiro atoms. The molecule has 1 saturated carbocycles. The van der Waals surface area contributed by atoms with Gasteiger partial charge in [0.2, 0.25) is 0 Å². The number of benzene rings is 1. The monoisotopic (exact) mass is 390 g/mol. The zero-order chi connectivity index (χ0) is 19.0. The number of nitrogens with zero attached hydrogens (tertiary/aromatic N) is 3. The number of anilines is 1. The first kappa shape index (κ1) is 18.6. The first-order chi connectivity index (χ1) is 13.0. The Bertz CT molecular complexity index is 724. The number of urea groups is 1. The van der Waals surface area contributed by atoms with E-state index in [1.54, 1.807) is 0 Å². The van der Waals surface area contributed by atoms with Gasteiger partial charge < -0.3 is 10.2 Å². The summed E-state index contributed by atoms with van der Waals surface area (Å²) >= 11 is 6.09. The summed E-state index contributed by atoms with van der Waals surface area (Å²) in [6.07, 6.45) is 3.52. The maximum atomic E-state index is 13.0. The molecular formula is C20H27ClN4O2. The largest absolute Gasteiger partial charge is 0.369 e. The van der Waals surface area contributed by atoms with E-state index in [0.29, 0.717) is 12.6 Å². The normalized spacial score (nSPS) is 29.5. The number of carbonyl (C=O) groups is 2. The lowest BCUT2D eigenvalue weighted by atomic mass is 9.77. The van der Waals surface area contributed by atoms with Crippen LogP contribution in [0.1, 0.15) is 32.6 Å². The van der Waals surface area contributed by atoms with Crippen molar-refractivity contribution in [2.24, 2.45) is 5.92 Å². The van der Waals surface area contributed by atoms with E-state index < -0.39 is 5.54 Å². The predicted molar refractivity (Wildman–Crippen MR) is 106 cm³/mol. The Morgan fingerprint density at radius 2 is 1.85 bits per heavy atom. The minimum absolute atomic E-state index is 0.0309. The molecule has 0 bridgehead atoms. The lowest BCUT2D eigenvalue weighted by molar-refractivity contribution is -0.134. The Hall–Kier alpha value is -1.79. The molecule has 2 saturated heterocycles. The summed E-state index contributed by atoms with van der Waals surface area (Å²) in [6, 6.07) is 7.64. The average Bonchev–Trinajstić information content (AvgIpc) is 2.89. The van der Waals surface area contributed by atoms with Crippen molar-refractivity contribution in [1.29, 1.82) is 0 Å². The van der Waals surface area contributed by atoms with Crippen LogP contribution in [0.5, 0.6) is 0 Å². The van der Waals surface area contributed by atoms with E-state index >= 15 is 0 Å². The molecule has 0 radical (unpaired) electrons. The fraction of sp³-hybridized carbons (Fsp3) is 0.600. The minimum Gasteiger partial charge on any atom is -0.369 e. The molecule has 1 aromatic carbocycles. The van der Waals surface area contributed by atoms with Gasteiger partial charge in [0, 0.05) is 36.9 Å². The topological polar surface area (TPSA) is 55.9 Å². The summed E-state index contributed by atoms with van der Waals surface area (Å²) in [4.78, 5) is 31.4. The number of hydrogen-bond acceptors (Lipinski definition) is 4. The van der Waals surface area contributed by atoms with E-state index in [-0.39, 0.29) is 11.9 Å². The molecule has 7 heteroatoms. The van der Waals surface area contributed by atoms with Gasteiger partial charge in [0.1, 0.15) is 5.54 Å². The van der Waals surface area contributed by atoms with Gasteiger partial charge in [0.25, 0.3) is 5.91 Å². The van der Waals surface area contributed by atoms with E-state index in [1.807, 2.05) is 18.2 Å². The maximum absolute atomic E-state index is 13.0. The number of nitrogens with one attached hydrogen (secondary N) is 1. The van der Waals surface area contributed by atoms with Gasteiger partial charge in [-0.2, -0.15) is 0 Å². The van der Waals surface area contributed by atoms with Crippen LogP contribution in [-0.4, -0.2) is 60.1 Å². The molecule has 1 aromatic rings. The fourth-order valence-corrected chi connectivity index (χ4v) is 4.60. The van der Waals surface area contributed by atoms with Crippen molar-refractivity contribution >= 4 is 29.2 Å². The Morgan fingerprint density at radius 1 is 1.15 bits per heavy atom. The van der Waals surface area contributed by atoms with Crippen molar-refractivity contribution in [3.63, 3.8) is 0 Å². The zero-order valence-corrected chi connectivity index (χ0v) is 16.5. The van der Waals surface area contributed by atoms with E-state index in [1.165, 1.54) is 4.90 Å². The molecule has 2 heterocycles. The van der Waals surface area contributed by atoms with Gasteiger partial charge in [0.15, 0.2) is 0 Å². The van der Waals surface area contributed by atoms with Crippen LogP contribution in [0.25, 0.3) is 0 Å². The highest BCUT2D eigenvalue weighted by Crippen LogP contribution is 2.36. The molecule has 146 valence electrons. The van der Waals surface area contributed by atoms with Gasteiger partial charge in [-0.1, -0.05) is 24.6 Å². The van der Waals surface area contributed by atoms with Gasteiger partial charge in [-0.3, -0.25) is 9.69 Å². The maximum Gasteiger partial charge on any atom is 0.326 e. The van der Waals surface area contributed by atoms with Crippen LogP contribution in [0.15, 0.2) is 24.3 Å². The summed E-state index contributed by atoms with van der Waals surface area (Å²) < 4.78 is 0. The molecule has 3 fully saturated rings. The molecule has 1 aliphatic carbocycles. The lowest BCUT2D eigenvalue weighted by Gasteiger charge is -2.37. The zero-order valence-electron chi connectivity index (χ0n) is 15.8. The van der Waals surface area contributed by atoms with Crippen LogP contribution in [0.2, 0.25) is 5.02 Å². The van der Waals surface area contributed by atoms with Gasteiger partial charge in [-0.05, 0) is 49.8 Å². The second-order valence-electron chi connectivity index (χ2n) is 8.15. The second kappa shape index (κ2) is 7.32. The number of hydrogen-bond donors (Lipinski definition) is 1. The van der Waals surface area contributed by atoms with Crippen molar-refractivity contribution in [3.8, 4) is 0 Å². The van der Waals surface area contributed by atoms with Gasteiger partial charge >= 0.3 is 6.03 Å². The number of halogens is 1. The average molecular weight is 391 g/mol. The summed E-state index contributed by atoms with van der Waals surface area (Å²) in [5.41, 5.74) is 0.471. The SMILES string of the molecule is CC1CCC2(CC1)NC(=O)N(CN1CCN(c3cccc(Cl)c3)CC1)C2=O. The summed E-state index contributed by atoms with van der Waals surface area (Å²) in [5.74, 6) is 0.602. The minimum atomic E-state index is -0.647. The van der Waals surface area contributed by atoms with E-state index in [9.17, 15) is 9.59 Å². The van der Waals surface area contributed by atoms with Gasteiger partial charge in [-0.25, -0.2) is 9.69 Å². The van der Waals surface area contributed by atoms with Gasteiger partial charge in [-0.15, -0.1) is 0 Å². The number of amides is 3. The molecule has 0 atom stereocenters. The molecule has 6 nitrogen and oxygen atoms in total. The third-order valence-electron chi connectivity index (χ3n) is 6.26. The number of imide groups is 1. The smallest absolute Gasteiger partial charge is 0.326 e. The van der Waals surface area contributed by atoms with Crippen LogP contribution in [0.4, 0.5) is 10.5 Å². The summed E-state index contributed by atoms with van der Waals surface area (Å²) in [7, 11) is 0. The Kier molecular flexibility index (Phi) is 5.03. The predicted octanol–water partition coefficient (Wildman–Crippen LogP) is 2.92. The second-order valence-corrected chi connectivity index (χ2v) is 8.59. The first-order valence-electron chi connectivity index (χ1n) is 9.84. The van der Waals surface area contributed by atoms with E-state index in [0.717, 1.165) is 62.6 Å². The van der Waals surface area contributed by atoms with Crippen molar-refractivity contribution in [1.82, 2.24) is 15.1 Å². The molecule has 0 aromatic heterocycles. The fourth-order valence-electron chi connectivity index (χ4n) is 4.42. The molecule has 4 rings (SSSR count).